The summed E-state index contributed by atoms with van der Waals surface area (Å²) in [7, 11) is 1.33. The number of rotatable bonds is 1. The average Bonchev–Trinajstić information content (AvgIpc) is 1.96. The highest BCUT2D eigenvalue weighted by molar-refractivity contribution is 5.59. The number of phenols is 1. The molecule has 0 fully saturated rings. The predicted molar refractivity (Wildman–Crippen MR) is 39.0 cm³/mol. The van der Waals surface area contributed by atoms with Gasteiger partial charge in [0.2, 0.25) is 0 Å². The zero-order valence-electron chi connectivity index (χ0n) is 5.97. The number of aromatic hydroxyl groups is 1. The number of benzene rings is 1. The van der Waals surface area contributed by atoms with Crippen LogP contribution in [0.1, 0.15) is 0 Å². The van der Waals surface area contributed by atoms with E-state index in [1.807, 2.05) is 0 Å². The van der Waals surface area contributed by atoms with Crippen molar-refractivity contribution in [1.29, 1.82) is 0 Å². The lowest BCUT2D eigenvalue weighted by atomic mass is 10.2. The molecule has 0 spiro atoms. The van der Waals surface area contributed by atoms with E-state index in [1.54, 1.807) is 0 Å². The Morgan fingerprint density at radius 2 is 2.18 bits per heavy atom. The Hall–Kier alpha value is -1.45. The lowest BCUT2D eigenvalue weighted by molar-refractivity contribution is 0.371. The average molecular weight is 157 g/mol. The van der Waals surface area contributed by atoms with Crippen LogP contribution in [0.15, 0.2) is 12.1 Å². The molecule has 11 heavy (non-hydrogen) atoms. The van der Waals surface area contributed by atoms with Gasteiger partial charge in [-0.25, -0.2) is 4.39 Å². The molecule has 0 amide bonds. The Morgan fingerprint density at radius 3 is 2.73 bits per heavy atom. The van der Waals surface area contributed by atoms with Crippen LogP contribution in [0.2, 0.25) is 0 Å². The first-order chi connectivity index (χ1) is 5.15. The molecule has 0 aliphatic carbocycles. The summed E-state index contributed by atoms with van der Waals surface area (Å²) in [6, 6.07) is 2.09. The number of methoxy groups -OCH3 is 1. The lowest BCUT2D eigenvalue weighted by Crippen LogP contribution is -1.91. The quantitative estimate of drug-likeness (QED) is 0.474. The van der Waals surface area contributed by atoms with Gasteiger partial charge in [0.25, 0.3) is 0 Å². The van der Waals surface area contributed by atoms with Crippen LogP contribution in [0.25, 0.3) is 0 Å². The van der Waals surface area contributed by atoms with Crippen LogP contribution in [-0.4, -0.2) is 12.2 Å². The maximum atomic E-state index is 12.5. The van der Waals surface area contributed by atoms with Crippen LogP contribution < -0.4 is 10.5 Å². The molecule has 3 nitrogen and oxygen atoms in total. The number of hydrogen-bond donors (Lipinski definition) is 2. The van der Waals surface area contributed by atoms with E-state index >= 15 is 0 Å². The third kappa shape index (κ3) is 1.34. The van der Waals surface area contributed by atoms with Gasteiger partial charge in [-0.2, -0.15) is 0 Å². The molecular weight excluding hydrogens is 149 g/mol. The minimum absolute atomic E-state index is 0.0261. The molecule has 1 aromatic rings. The van der Waals surface area contributed by atoms with E-state index in [-0.39, 0.29) is 17.2 Å². The molecule has 0 saturated heterocycles. The minimum Gasteiger partial charge on any atom is -0.503 e. The normalized spacial score (nSPS) is 9.64. The maximum absolute atomic E-state index is 12.5. The molecule has 3 N–H and O–H groups in total. The fraction of sp³-hybridized carbons (Fsp3) is 0.143. The molecule has 0 heterocycles. The fourth-order valence-electron chi connectivity index (χ4n) is 0.750. The van der Waals surface area contributed by atoms with Gasteiger partial charge in [0.1, 0.15) is 5.82 Å². The SMILES string of the molecule is COc1cc(F)cc(N)c1O. The third-order valence-electron chi connectivity index (χ3n) is 1.29. The monoisotopic (exact) mass is 157 g/mol. The number of nitrogens with two attached hydrogens (primary N) is 1. The van der Waals surface area contributed by atoms with E-state index in [1.165, 1.54) is 7.11 Å². The van der Waals surface area contributed by atoms with Crippen molar-refractivity contribution in [1.82, 2.24) is 0 Å². The number of anilines is 1. The molecule has 0 unspecified atom stereocenters. The molecule has 0 aliphatic heterocycles. The summed E-state index contributed by atoms with van der Waals surface area (Å²) in [5, 5.41) is 9.11. The van der Waals surface area contributed by atoms with E-state index in [0.717, 1.165) is 12.1 Å². The molecule has 60 valence electrons. The summed E-state index contributed by atoms with van der Waals surface area (Å²) in [6.45, 7) is 0. The molecule has 0 radical (unpaired) electrons. The Balaban J connectivity index is 3.24. The predicted octanol–water partition coefficient (Wildman–Crippen LogP) is 1.12. The zero-order valence-corrected chi connectivity index (χ0v) is 5.97. The van der Waals surface area contributed by atoms with Crippen molar-refractivity contribution in [2.24, 2.45) is 0 Å². The first-order valence-corrected chi connectivity index (χ1v) is 2.97. The summed E-state index contributed by atoms with van der Waals surface area (Å²) >= 11 is 0. The molecule has 0 saturated carbocycles. The van der Waals surface area contributed by atoms with Crippen LogP contribution in [0, 0.1) is 5.82 Å². The fourth-order valence-corrected chi connectivity index (χ4v) is 0.750. The molecule has 0 aliphatic rings. The highest BCUT2D eigenvalue weighted by Crippen LogP contribution is 2.32. The van der Waals surface area contributed by atoms with Gasteiger partial charge in [-0.3, -0.25) is 0 Å². The number of nitrogen functional groups attached to an aromatic ring is 1. The Bertz CT molecular complexity index is 275. The van der Waals surface area contributed by atoms with E-state index in [9.17, 15) is 4.39 Å². The van der Waals surface area contributed by atoms with Crippen molar-refractivity contribution < 1.29 is 14.2 Å². The topological polar surface area (TPSA) is 55.5 Å². The number of phenolic OH excluding ortho intramolecular Hbond substituents is 1. The summed E-state index contributed by atoms with van der Waals surface area (Å²) < 4.78 is 17.2. The highest BCUT2D eigenvalue weighted by Gasteiger charge is 2.06. The second kappa shape index (κ2) is 2.65. The molecule has 1 rings (SSSR count). The van der Waals surface area contributed by atoms with Crippen molar-refractivity contribution >= 4 is 5.69 Å². The Kier molecular flexibility index (Phi) is 1.85. The summed E-state index contributed by atoms with van der Waals surface area (Å²) in [6.07, 6.45) is 0. The van der Waals surface area contributed by atoms with Gasteiger partial charge in [-0.05, 0) is 0 Å². The van der Waals surface area contributed by atoms with Gasteiger partial charge in [-0.1, -0.05) is 0 Å². The molecule has 1 aromatic carbocycles. The van der Waals surface area contributed by atoms with Crippen LogP contribution in [-0.2, 0) is 0 Å². The number of ether oxygens (including phenoxy) is 1. The van der Waals surface area contributed by atoms with E-state index < -0.39 is 5.82 Å². The smallest absolute Gasteiger partial charge is 0.181 e. The van der Waals surface area contributed by atoms with Crippen LogP contribution >= 0.6 is 0 Å². The number of halogens is 1. The van der Waals surface area contributed by atoms with Gasteiger partial charge in [0.05, 0.1) is 12.8 Å². The van der Waals surface area contributed by atoms with Gasteiger partial charge < -0.3 is 15.6 Å². The summed E-state index contributed by atoms with van der Waals surface area (Å²) in [5.41, 5.74) is 5.20. The first kappa shape index (κ1) is 7.65. The van der Waals surface area contributed by atoms with Gasteiger partial charge >= 0.3 is 0 Å². The van der Waals surface area contributed by atoms with Crippen LogP contribution in [0.4, 0.5) is 10.1 Å². The molecular formula is C7H8FNO2. The molecule has 0 aromatic heterocycles. The Labute approximate surface area is 63.2 Å². The third-order valence-corrected chi connectivity index (χ3v) is 1.29. The van der Waals surface area contributed by atoms with Crippen LogP contribution in [0.3, 0.4) is 0 Å². The lowest BCUT2D eigenvalue weighted by Gasteiger charge is -2.04. The van der Waals surface area contributed by atoms with Gasteiger partial charge in [0, 0.05) is 12.1 Å². The summed E-state index contributed by atoms with van der Waals surface area (Å²) in [4.78, 5) is 0. The van der Waals surface area contributed by atoms with E-state index in [2.05, 4.69) is 4.74 Å². The van der Waals surface area contributed by atoms with Crippen molar-refractivity contribution in [3.05, 3.63) is 17.9 Å². The highest BCUT2D eigenvalue weighted by atomic mass is 19.1. The molecule has 0 atom stereocenters. The largest absolute Gasteiger partial charge is 0.503 e. The summed E-state index contributed by atoms with van der Waals surface area (Å²) in [5.74, 6) is -0.714. The van der Waals surface area contributed by atoms with E-state index in [4.69, 9.17) is 10.8 Å². The van der Waals surface area contributed by atoms with Crippen molar-refractivity contribution in [2.45, 2.75) is 0 Å². The maximum Gasteiger partial charge on any atom is 0.181 e. The molecule has 0 bridgehead atoms. The van der Waals surface area contributed by atoms with Crippen molar-refractivity contribution in [3.8, 4) is 11.5 Å². The molecule has 4 heteroatoms. The second-order valence-electron chi connectivity index (χ2n) is 2.05. The standard InChI is InChI=1S/C7H8FNO2/c1-11-6-3-4(8)2-5(9)7(6)10/h2-3,10H,9H2,1H3. The van der Waals surface area contributed by atoms with Crippen molar-refractivity contribution in [2.75, 3.05) is 12.8 Å². The van der Waals surface area contributed by atoms with Crippen molar-refractivity contribution in [3.63, 3.8) is 0 Å². The number of hydrogen-bond acceptors (Lipinski definition) is 3. The zero-order chi connectivity index (χ0) is 8.43. The van der Waals surface area contributed by atoms with Crippen LogP contribution in [0.5, 0.6) is 11.5 Å². The van der Waals surface area contributed by atoms with E-state index in [0.29, 0.717) is 0 Å². The van der Waals surface area contributed by atoms with Gasteiger partial charge in [0.15, 0.2) is 11.5 Å². The second-order valence-corrected chi connectivity index (χ2v) is 2.05. The Morgan fingerprint density at radius 1 is 1.55 bits per heavy atom. The van der Waals surface area contributed by atoms with Gasteiger partial charge in [-0.15, -0.1) is 0 Å². The first-order valence-electron chi connectivity index (χ1n) is 2.97. The minimum atomic E-state index is -0.530.